The lowest BCUT2D eigenvalue weighted by Crippen LogP contribution is -2.53. The summed E-state index contributed by atoms with van der Waals surface area (Å²) in [6.45, 7) is 5.71. The van der Waals surface area contributed by atoms with Gasteiger partial charge in [0.25, 0.3) is 11.8 Å². The highest BCUT2D eigenvalue weighted by molar-refractivity contribution is 9.10. The summed E-state index contributed by atoms with van der Waals surface area (Å²) in [7, 11) is 0. The number of carbonyl (C=O) groups is 2. The molecule has 220 valence electrons. The Bertz CT molecular complexity index is 1010. The highest BCUT2D eigenvalue weighted by Gasteiger charge is 2.28. The number of hydrogen-bond acceptors (Lipinski definition) is 4. The third kappa shape index (κ3) is 10.4. The van der Waals surface area contributed by atoms with Crippen LogP contribution in [0.1, 0.15) is 112 Å². The number of nitrogens with one attached hydrogen (secondary N) is 2. The van der Waals surface area contributed by atoms with E-state index >= 15 is 0 Å². The Morgan fingerprint density at radius 2 is 1.12 bits per heavy atom. The normalized spacial score (nSPS) is 16.8. The molecule has 6 nitrogen and oxygen atoms in total. The molecule has 3 rings (SSSR count). The van der Waals surface area contributed by atoms with Crippen LogP contribution in [-0.2, 0) is 0 Å². The van der Waals surface area contributed by atoms with Gasteiger partial charge in [0, 0.05) is 23.2 Å². The third-order valence-electron chi connectivity index (χ3n) is 7.30. The Morgan fingerprint density at radius 1 is 0.700 bits per heavy atom. The van der Waals surface area contributed by atoms with Gasteiger partial charge in [-0.15, -0.1) is 0 Å². The van der Waals surface area contributed by atoms with E-state index in [1.54, 1.807) is 24.3 Å². The first-order chi connectivity index (χ1) is 19.4. The topological polar surface area (TPSA) is 76.7 Å². The average molecular weight is 681 g/mol. The molecule has 1 aliphatic carbocycles. The first-order valence-electron chi connectivity index (χ1n) is 14.9. The van der Waals surface area contributed by atoms with Crippen molar-refractivity contribution in [3.63, 3.8) is 0 Å². The van der Waals surface area contributed by atoms with Crippen LogP contribution in [0, 0.1) is 0 Å². The molecule has 40 heavy (non-hydrogen) atoms. The van der Waals surface area contributed by atoms with E-state index in [9.17, 15) is 9.59 Å². The van der Waals surface area contributed by atoms with Gasteiger partial charge in [0.2, 0.25) is 0 Å². The Kier molecular flexibility index (Phi) is 14.4. The summed E-state index contributed by atoms with van der Waals surface area (Å²) in [5.41, 5.74) is 1.13. The number of unbranched alkanes of at least 4 members (excludes halogenated alkanes) is 6. The molecule has 2 amide bonds. The molecule has 2 aromatic carbocycles. The second-order valence-electron chi connectivity index (χ2n) is 10.6. The van der Waals surface area contributed by atoms with Crippen molar-refractivity contribution < 1.29 is 19.1 Å². The Labute approximate surface area is 256 Å². The highest BCUT2D eigenvalue weighted by Crippen LogP contribution is 2.28. The summed E-state index contributed by atoms with van der Waals surface area (Å²) in [6.07, 6.45) is 12.8. The van der Waals surface area contributed by atoms with E-state index in [1.807, 2.05) is 12.1 Å². The molecule has 8 heteroatoms. The van der Waals surface area contributed by atoms with Crippen molar-refractivity contribution >= 4 is 43.7 Å². The van der Waals surface area contributed by atoms with E-state index in [4.69, 9.17) is 9.47 Å². The molecule has 1 saturated carbocycles. The fourth-order valence-corrected chi connectivity index (χ4v) is 5.91. The van der Waals surface area contributed by atoms with E-state index in [1.165, 1.54) is 25.7 Å². The lowest BCUT2D eigenvalue weighted by atomic mass is 9.89. The van der Waals surface area contributed by atoms with Crippen LogP contribution in [0.3, 0.4) is 0 Å². The molecule has 0 heterocycles. The van der Waals surface area contributed by atoms with Gasteiger partial charge in [0.15, 0.2) is 0 Å². The summed E-state index contributed by atoms with van der Waals surface area (Å²) in [6, 6.07) is 10.6. The molecule has 0 spiro atoms. The van der Waals surface area contributed by atoms with Crippen molar-refractivity contribution in [2.45, 2.75) is 103 Å². The molecule has 2 N–H and O–H groups in total. The second-order valence-corrected chi connectivity index (χ2v) is 12.3. The number of ether oxygens (including phenoxy) is 2. The minimum absolute atomic E-state index is 0.132. The van der Waals surface area contributed by atoms with E-state index in [0.29, 0.717) is 24.3 Å². The number of hydrogen-bond donors (Lipinski definition) is 2. The zero-order chi connectivity index (χ0) is 28.7. The van der Waals surface area contributed by atoms with Crippen molar-refractivity contribution in [2.24, 2.45) is 0 Å². The van der Waals surface area contributed by atoms with Gasteiger partial charge in [-0.2, -0.15) is 0 Å². The highest BCUT2D eigenvalue weighted by atomic mass is 79.9. The largest absolute Gasteiger partial charge is 0.492 e. The smallest absolute Gasteiger partial charge is 0.251 e. The summed E-state index contributed by atoms with van der Waals surface area (Å²) >= 11 is 7.11. The van der Waals surface area contributed by atoms with Gasteiger partial charge < -0.3 is 20.1 Å². The van der Waals surface area contributed by atoms with E-state index in [2.05, 4.69) is 56.3 Å². The minimum Gasteiger partial charge on any atom is -0.492 e. The number of amides is 2. The first-order valence-corrected chi connectivity index (χ1v) is 16.5. The zero-order valence-corrected chi connectivity index (χ0v) is 27.1. The second kappa shape index (κ2) is 17.7. The van der Waals surface area contributed by atoms with Crippen LogP contribution in [0.25, 0.3) is 0 Å². The van der Waals surface area contributed by atoms with Crippen molar-refractivity contribution in [3.8, 4) is 11.5 Å². The monoisotopic (exact) mass is 678 g/mol. The van der Waals surface area contributed by atoms with Gasteiger partial charge in [-0.1, -0.05) is 65.2 Å². The maximum atomic E-state index is 13.1. The first kappa shape index (κ1) is 32.5. The Balaban J connectivity index is 1.54. The van der Waals surface area contributed by atoms with Crippen molar-refractivity contribution in [2.75, 3.05) is 13.2 Å². The molecule has 1 fully saturated rings. The Hall–Kier alpha value is -2.06. The average Bonchev–Trinajstić information content (AvgIpc) is 2.95. The van der Waals surface area contributed by atoms with Gasteiger partial charge in [-0.05, 0) is 93.9 Å². The van der Waals surface area contributed by atoms with Crippen LogP contribution >= 0.6 is 31.9 Å². The molecule has 0 aromatic heterocycles. The lowest BCUT2D eigenvalue weighted by Gasteiger charge is -2.33. The summed E-state index contributed by atoms with van der Waals surface area (Å²) in [5, 5.41) is 6.34. The lowest BCUT2D eigenvalue weighted by molar-refractivity contribution is 0.0862. The fraction of sp³-hybridized carbons (Fsp3) is 0.562. The third-order valence-corrected chi connectivity index (χ3v) is 8.54. The predicted molar refractivity (Wildman–Crippen MR) is 169 cm³/mol. The molecule has 0 bridgehead atoms. The van der Waals surface area contributed by atoms with E-state index < -0.39 is 0 Å². The van der Waals surface area contributed by atoms with Gasteiger partial charge >= 0.3 is 0 Å². The van der Waals surface area contributed by atoms with Crippen molar-refractivity contribution in [1.82, 2.24) is 10.6 Å². The van der Waals surface area contributed by atoms with Crippen LogP contribution in [0.4, 0.5) is 0 Å². The van der Waals surface area contributed by atoms with E-state index in [-0.39, 0.29) is 23.9 Å². The maximum Gasteiger partial charge on any atom is 0.251 e. The molecule has 0 saturated heterocycles. The number of halogens is 2. The molecular formula is C32H44Br2N2O4. The quantitative estimate of drug-likeness (QED) is 0.174. The summed E-state index contributed by atoms with van der Waals surface area (Å²) in [5.74, 6) is 1.19. The maximum absolute atomic E-state index is 13.1. The molecule has 2 atom stereocenters. The number of benzene rings is 2. The predicted octanol–water partition coefficient (Wildman–Crippen LogP) is 8.60. The van der Waals surface area contributed by atoms with Crippen LogP contribution in [0.15, 0.2) is 45.3 Å². The summed E-state index contributed by atoms with van der Waals surface area (Å²) in [4.78, 5) is 26.3. The fourth-order valence-electron chi connectivity index (χ4n) is 4.92. The number of rotatable bonds is 16. The zero-order valence-electron chi connectivity index (χ0n) is 23.9. The van der Waals surface area contributed by atoms with Gasteiger partial charge in [0.05, 0.1) is 22.2 Å². The van der Waals surface area contributed by atoms with Gasteiger partial charge in [-0.25, -0.2) is 0 Å². The van der Waals surface area contributed by atoms with Gasteiger partial charge in [0.1, 0.15) is 11.5 Å². The SMILES string of the molecule is CCCCCCOc1ccc(C(=O)NC2CCCCC2NC(=O)c2ccc(OCCCCCC)c(Br)c2)cc1Br. The Morgan fingerprint density at radius 3 is 1.50 bits per heavy atom. The van der Waals surface area contributed by atoms with E-state index in [0.717, 1.165) is 71.8 Å². The van der Waals surface area contributed by atoms with Crippen LogP contribution in [-0.4, -0.2) is 37.1 Å². The molecule has 2 unspecified atom stereocenters. The molecule has 0 aliphatic heterocycles. The standard InChI is InChI=1S/C32H44Br2N2O4/c1-3-5-7-11-19-39-29-17-15-23(21-25(29)33)31(37)35-27-13-9-10-14-28(27)36-32(38)24-16-18-30(26(34)22-24)40-20-12-8-6-4-2/h15-18,21-22,27-28H,3-14,19-20H2,1-2H3,(H,35,37)(H,36,38). The summed E-state index contributed by atoms with van der Waals surface area (Å²) < 4.78 is 13.3. The van der Waals surface area contributed by atoms with Crippen molar-refractivity contribution in [3.05, 3.63) is 56.5 Å². The minimum atomic E-state index is -0.149. The molecule has 2 aromatic rings. The molecular weight excluding hydrogens is 636 g/mol. The van der Waals surface area contributed by atoms with Crippen LogP contribution in [0.5, 0.6) is 11.5 Å². The molecule has 0 radical (unpaired) electrons. The number of carbonyl (C=O) groups excluding carboxylic acids is 2. The van der Waals surface area contributed by atoms with Crippen LogP contribution in [0.2, 0.25) is 0 Å². The van der Waals surface area contributed by atoms with Crippen LogP contribution < -0.4 is 20.1 Å². The van der Waals surface area contributed by atoms with Gasteiger partial charge in [-0.3, -0.25) is 9.59 Å². The molecule has 1 aliphatic rings. The van der Waals surface area contributed by atoms with Crippen molar-refractivity contribution in [1.29, 1.82) is 0 Å².